The molecule has 0 fully saturated rings. The highest BCUT2D eigenvalue weighted by Crippen LogP contribution is 2.26. The molecule has 0 atom stereocenters. The summed E-state index contributed by atoms with van der Waals surface area (Å²) < 4.78 is 15.3. The fourth-order valence-corrected chi connectivity index (χ4v) is 3.34. The molecule has 0 N–H and O–H groups in total. The van der Waals surface area contributed by atoms with Crippen LogP contribution in [0.5, 0.6) is 0 Å². The fraction of sp³-hybridized carbons (Fsp3) is 0.0714. The number of hydrogen-bond donors (Lipinski definition) is 0. The molecule has 2 aromatic carbocycles. The van der Waals surface area contributed by atoms with E-state index in [-0.39, 0.29) is 18.0 Å². The van der Waals surface area contributed by atoms with Crippen molar-refractivity contribution < 1.29 is 9.18 Å². The molecule has 19 heavy (non-hydrogen) atoms. The van der Waals surface area contributed by atoms with E-state index < -0.39 is 0 Å². The van der Waals surface area contributed by atoms with Crippen LogP contribution >= 0.6 is 47.8 Å². The van der Waals surface area contributed by atoms with Crippen molar-refractivity contribution in [2.45, 2.75) is 6.42 Å². The molecule has 2 aromatic rings. The van der Waals surface area contributed by atoms with E-state index in [0.717, 1.165) is 8.95 Å². The summed E-state index contributed by atoms with van der Waals surface area (Å²) in [6.45, 7) is 0. The van der Waals surface area contributed by atoms with Gasteiger partial charge < -0.3 is 0 Å². The lowest BCUT2D eigenvalue weighted by Gasteiger charge is -2.07. The third kappa shape index (κ3) is 3.52. The van der Waals surface area contributed by atoms with Crippen molar-refractivity contribution in [2.24, 2.45) is 0 Å². The number of benzene rings is 2. The van der Waals surface area contributed by atoms with Crippen molar-refractivity contribution in [1.82, 2.24) is 0 Å². The van der Waals surface area contributed by atoms with Crippen LogP contribution in [-0.4, -0.2) is 5.78 Å². The van der Waals surface area contributed by atoms with Gasteiger partial charge in [0.15, 0.2) is 5.78 Å². The molecule has 0 saturated heterocycles. The molecule has 0 unspecified atom stereocenters. The van der Waals surface area contributed by atoms with Crippen molar-refractivity contribution in [3.63, 3.8) is 0 Å². The minimum atomic E-state index is -0.361. The maximum Gasteiger partial charge on any atom is 0.168 e. The molecule has 0 bridgehead atoms. The van der Waals surface area contributed by atoms with Gasteiger partial charge in [0.2, 0.25) is 0 Å². The minimum absolute atomic E-state index is 0.0642. The van der Waals surface area contributed by atoms with Gasteiger partial charge in [-0.05, 0) is 45.8 Å². The van der Waals surface area contributed by atoms with Crippen molar-refractivity contribution in [1.29, 1.82) is 0 Å². The Morgan fingerprint density at radius 1 is 1.11 bits per heavy atom. The molecule has 0 radical (unpaired) electrons. The van der Waals surface area contributed by atoms with E-state index in [4.69, 9.17) is 0 Å². The second kappa shape index (κ2) is 6.29. The SMILES string of the molecule is O=C(Cc1cccc(F)c1Br)c1ccc(Br)cc1Br. The quantitative estimate of drug-likeness (QED) is 0.561. The lowest BCUT2D eigenvalue weighted by Crippen LogP contribution is -2.05. The van der Waals surface area contributed by atoms with E-state index in [9.17, 15) is 9.18 Å². The third-order valence-corrected chi connectivity index (χ3v) is 4.65. The normalized spacial score (nSPS) is 10.5. The van der Waals surface area contributed by atoms with Crippen LogP contribution in [-0.2, 0) is 6.42 Å². The summed E-state index contributed by atoms with van der Waals surface area (Å²) in [5, 5.41) is 0. The first-order valence-corrected chi connectivity index (χ1v) is 7.78. The molecule has 1 nitrogen and oxygen atoms in total. The molecule has 0 aromatic heterocycles. The van der Waals surface area contributed by atoms with Crippen molar-refractivity contribution in [2.75, 3.05) is 0 Å². The highest BCUT2D eigenvalue weighted by molar-refractivity contribution is 9.11. The smallest absolute Gasteiger partial charge is 0.168 e. The van der Waals surface area contributed by atoms with Gasteiger partial charge in [-0.3, -0.25) is 4.79 Å². The molecule has 0 aliphatic heterocycles. The molecule has 0 spiro atoms. The van der Waals surface area contributed by atoms with Gasteiger partial charge in [-0.25, -0.2) is 4.39 Å². The van der Waals surface area contributed by atoms with Gasteiger partial charge in [-0.15, -0.1) is 0 Å². The Morgan fingerprint density at radius 3 is 2.53 bits per heavy atom. The van der Waals surface area contributed by atoms with E-state index in [0.29, 0.717) is 15.6 Å². The van der Waals surface area contributed by atoms with Crippen LogP contribution in [0.3, 0.4) is 0 Å². The predicted octanol–water partition coefficient (Wildman–Crippen LogP) is 5.54. The van der Waals surface area contributed by atoms with E-state index in [1.165, 1.54) is 6.07 Å². The maximum absolute atomic E-state index is 13.4. The highest BCUT2D eigenvalue weighted by atomic mass is 79.9. The van der Waals surface area contributed by atoms with Crippen LogP contribution in [0.15, 0.2) is 49.8 Å². The lowest BCUT2D eigenvalue weighted by molar-refractivity contribution is 0.0992. The molecule has 5 heteroatoms. The van der Waals surface area contributed by atoms with Gasteiger partial charge >= 0.3 is 0 Å². The van der Waals surface area contributed by atoms with Gasteiger partial charge in [-0.2, -0.15) is 0 Å². The van der Waals surface area contributed by atoms with Crippen LogP contribution in [0.2, 0.25) is 0 Å². The number of Topliss-reactive ketones (excluding diaryl/α,β-unsaturated/α-hetero) is 1. The Balaban J connectivity index is 2.28. The number of carbonyl (C=O) groups excluding carboxylic acids is 1. The number of halogens is 4. The molecule has 98 valence electrons. The number of hydrogen-bond acceptors (Lipinski definition) is 1. The monoisotopic (exact) mass is 448 g/mol. The van der Waals surface area contributed by atoms with E-state index in [1.54, 1.807) is 24.3 Å². The zero-order valence-corrected chi connectivity index (χ0v) is 14.3. The second-order valence-corrected chi connectivity index (χ2v) is 6.50. The zero-order valence-electron chi connectivity index (χ0n) is 9.59. The average Bonchev–Trinajstić information content (AvgIpc) is 2.34. The highest BCUT2D eigenvalue weighted by Gasteiger charge is 2.14. The van der Waals surface area contributed by atoms with Crippen LogP contribution in [0.1, 0.15) is 15.9 Å². The fourth-order valence-electron chi connectivity index (χ4n) is 1.67. The first-order valence-electron chi connectivity index (χ1n) is 5.40. The number of rotatable bonds is 3. The molecular formula is C14H8Br3FO. The van der Waals surface area contributed by atoms with Gasteiger partial charge in [0, 0.05) is 20.9 Å². The topological polar surface area (TPSA) is 17.1 Å². The Hall–Kier alpha value is -0.520. The molecule has 0 aliphatic carbocycles. The molecule has 2 rings (SSSR count). The largest absolute Gasteiger partial charge is 0.294 e. The van der Waals surface area contributed by atoms with Crippen LogP contribution in [0.25, 0.3) is 0 Å². The van der Waals surface area contributed by atoms with Gasteiger partial charge in [0.05, 0.1) is 4.47 Å². The molecule has 0 aliphatic rings. The van der Waals surface area contributed by atoms with Gasteiger partial charge in [-0.1, -0.05) is 44.0 Å². The van der Waals surface area contributed by atoms with Crippen molar-refractivity contribution in [3.05, 3.63) is 66.8 Å². The lowest BCUT2D eigenvalue weighted by atomic mass is 10.0. The molecule has 0 heterocycles. The molecular weight excluding hydrogens is 443 g/mol. The summed E-state index contributed by atoms with van der Waals surface area (Å²) in [4.78, 5) is 12.2. The van der Waals surface area contributed by atoms with E-state index in [2.05, 4.69) is 47.8 Å². The van der Waals surface area contributed by atoms with Gasteiger partial charge in [0.25, 0.3) is 0 Å². The minimum Gasteiger partial charge on any atom is -0.294 e. The van der Waals surface area contributed by atoms with E-state index in [1.807, 2.05) is 6.07 Å². The number of carbonyl (C=O) groups is 1. The zero-order chi connectivity index (χ0) is 14.0. The summed E-state index contributed by atoms with van der Waals surface area (Å²) in [7, 11) is 0. The first-order chi connectivity index (χ1) is 8.99. The standard InChI is InChI=1S/C14H8Br3FO/c15-9-4-5-10(11(16)7-9)13(19)6-8-2-1-3-12(18)14(8)17/h1-5,7H,6H2. The predicted molar refractivity (Wildman–Crippen MR) is 84.0 cm³/mol. The first kappa shape index (κ1) is 14.9. The summed E-state index contributed by atoms with van der Waals surface area (Å²) >= 11 is 9.86. The summed E-state index contributed by atoms with van der Waals surface area (Å²) in [5.41, 5.74) is 1.22. The Bertz CT molecular complexity index is 641. The van der Waals surface area contributed by atoms with Crippen LogP contribution in [0, 0.1) is 5.82 Å². The third-order valence-electron chi connectivity index (χ3n) is 2.61. The molecule has 0 saturated carbocycles. The number of ketones is 1. The summed E-state index contributed by atoms with van der Waals surface area (Å²) in [5.74, 6) is -0.425. The Morgan fingerprint density at radius 2 is 1.84 bits per heavy atom. The summed E-state index contributed by atoms with van der Waals surface area (Å²) in [6.07, 6.45) is 0.151. The van der Waals surface area contributed by atoms with Crippen LogP contribution < -0.4 is 0 Å². The Kier molecular flexibility index (Phi) is 4.92. The maximum atomic E-state index is 13.4. The van der Waals surface area contributed by atoms with E-state index >= 15 is 0 Å². The second-order valence-electron chi connectivity index (χ2n) is 3.94. The average molecular weight is 451 g/mol. The Labute approximate surface area is 135 Å². The molecule has 0 amide bonds. The van der Waals surface area contributed by atoms with Crippen molar-refractivity contribution in [3.8, 4) is 0 Å². The van der Waals surface area contributed by atoms with Gasteiger partial charge in [0.1, 0.15) is 5.82 Å². The van der Waals surface area contributed by atoms with Crippen molar-refractivity contribution >= 4 is 53.6 Å². The summed E-state index contributed by atoms with van der Waals surface area (Å²) in [6, 6.07) is 10.0. The van der Waals surface area contributed by atoms with Crippen LogP contribution in [0.4, 0.5) is 4.39 Å².